The first-order valence-electron chi connectivity index (χ1n) is 7.28. The van der Waals surface area contributed by atoms with Gasteiger partial charge in [-0.15, -0.1) is 0 Å². The van der Waals surface area contributed by atoms with Crippen LogP contribution in [0.25, 0.3) is 0 Å². The quantitative estimate of drug-likeness (QED) is 0.747. The van der Waals surface area contributed by atoms with Gasteiger partial charge in [-0.25, -0.2) is 13.6 Å². The zero-order valence-electron chi connectivity index (χ0n) is 13.4. The van der Waals surface area contributed by atoms with Crippen molar-refractivity contribution >= 4 is 11.9 Å². The number of aromatic nitrogens is 2. The molecule has 0 spiro atoms. The predicted molar refractivity (Wildman–Crippen MR) is 77.0 cm³/mol. The Labute approximate surface area is 139 Å². The van der Waals surface area contributed by atoms with Crippen LogP contribution in [-0.4, -0.2) is 40.3 Å². The van der Waals surface area contributed by atoms with Crippen LogP contribution in [0.3, 0.4) is 0 Å². The number of esters is 2. The molecule has 0 aliphatic carbocycles. The first kappa shape index (κ1) is 18.8. The first-order valence-corrected chi connectivity index (χ1v) is 7.28. The smallest absolute Gasteiger partial charge is 0.330 e. The van der Waals surface area contributed by atoms with Crippen molar-refractivity contribution in [2.45, 2.75) is 45.1 Å². The first-order chi connectivity index (χ1) is 11.7. The second-order valence-corrected chi connectivity index (χ2v) is 5.37. The third kappa shape index (κ3) is 4.50. The molecule has 0 bridgehead atoms. The molecule has 0 unspecified atom stereocenters. The van der Waals surface area contributed by atoms with Crippen molar-refractivity contribution in [2.24, 2.45) is 0 Å². The number of alkyl halides is 2. The van der Waals surface area contributed by atoms with Crippen LogP contribution in [0, 0.1) is 0 Å². The van der Waals surface area contributed by atoms with Crippen molar-refractivity contribution < 1.29 is 32.6 Å². The maximum Gasteiger partial charge on any atom is 0.330 e. The van der Waals surface area contributed by atoms with Gasteiger partial charge in [0, 0.05) is 26.5 Å². The van der Waals surface area contributed by atoms with E-state index in [1.54, 1.807) is 4.98 Å². The number of H-pyrrole nitrogens is 1. The van der Waals surface area contributed by atoms with Gasteiger partial charge >= 0.3 is 17.6 Å². The van der Waals surface area contributed by atoms with Crippen molar-refractivity contribution in [1.29, 1.82) is 0 Å². The summed E-state index contributed by atoms with van der Waals surface area (Å²) in [6.07, 6.45) is -5.23. The Kier molecular flexibility index (Phi) is 5.67. The normalized spacial score (nSPS) is 22.8. The molecule has 1 aromatic rings. The average Bonchev–Trinajstić information content (AvgIpc) is 2.86. The van der Waals surface area contributed by atoms with Gasteiger partial charge in [-0.3, -0.25) is 23.9 Å². The Hall–Kier alpha value is -2.56. The Morgan fingerprint density at radius 2 is 2.04 bits per heavy atom. The summed E-state index contributed by atoms with van der Waals surface area (Å²) < 4.78 is 41.9. The van der Waals surface area contributed by atoms with Crippen LogP contribution >= 0.6 is 0 Å². The second kappa shape index (κ2) is 7.55. The highest BCUT2D eigenvalue weighted by Crippen LogP contribution is 2.30. The van der Waals surface area contributed by atoms with Crippen molar-refractivity contribution in [3.63, 3.8) is 0 Å². The molecule has 25 heavy (non-hydrogen) atoms. The van der Waals surface area contributed by atoms with Crippen LogP contribution in [0.2, 0.25) is 0 Å². The molecular formula is C14H16F2N2O7. The molecule has 3 atom stereocenters. The van der Waals surface area contributed by atoms with E-state index < -0.39 is 53.6 Å². The van der Waals surface area contributed by atoms with Gasteiger partial charge in [-0.05, 0) is 0 Å². The molecule has 0 radical (unpaired) electrons. The fourth-order valence-electron chi connectivity index (χ4n) is 2.43. The van der Waals surface area contributed by atoms with E-state index in [4.69, 9.17) is 14.2 Å². The summed E-state index contributed by atoms with van der Waals surface area (Å²) in [5.74, 6) is -1.21. The highest BCUT2D eigenvalue weighted by Gasteiger charge is 2.40. The zero-order chi connectivity index (χ0) is 18.7. The molecule has 1 aromatic heterocycles. The zero-order valence-corrected chi connectivity index (χ0v) is 13.4. The molecular weight excluding hydrogens is 346 g/mol. The molecule has 1 aliphatic rings. The number of aromatic amines is 1. The molecule has 9 nitrogen and oxygen atoms in total. The number of carbonyl (C=O) groups excluding carboxylic acids is 2. The molecule has 0 aromatic carbocycles. The number of halogens is 2. The number of rotatable bonds is 5. The van der Waals surface area contributed by atoms with Gasteiger partial charge in [0.2, 0.25) is 0 Å². The standard InChI is InChI=1S/C14H16F2N2O7/c1-6(19)23-5-10-9(24-7(2)20)3-11(25-10)18-4-8(12(15)16)13(21)17-14(18)22/h4,9-12H,3,5H2,1-2H3,(H,17,21,22)/t9-,10+,11+/m0/s1. The van der Waals surface area contributed by atoms with Gasteiger partial charge in [0.25, 0.3) is 12.0 Å². The fourth-order valence-corrected chi connectivity index (χ4v) is 2.43. The van der Waals surface area contributed by atoms with Gasteiger partial charge in [0.15, 0.2) is 0 Å². The minimum atomic E-state index is -3.09. The Bertz CT molecular complexity index is 773. The third-order valence-corrected chi connectivity index (χ3v) is 3.49. The van der Waals surface area contributed by atoms with Gasteiger partial charge in [-0.1, -0.05) is 0 Å². The summed E-state index contributed by atoms with van der Waals surface area (Å²) in [4.78, 5) is 47.2. The number of ether oxygens (including phenoxy) is 3. The summed E-state index contributed by atoms with van der Waals surface area (Å²) in [6, 6.07) is 0. The number of nitrogens with zero attached hydrogens (tertiary/aromatic N) is 1. The molecule has 2 heterocycles. The van der Waals surface area contributed by atoms with Crippen LogP contribution in [0.15, 0.2) is 15.8 Å². The van der Waals surface area contributed by atoms with Gasteiger partial charge in [-0.2, -0.15) is 0 Å². The lowest BCUT2D eigenvalue weighted by Gasteiger charge is -2.17. The summed E-state index contributed by atoms with van der Waals surface area (Å²) in [7, 11) is 0. The van der Waals surface area contributed by atoms with Gasteiger partial charge in [0.1, 0.15) is 25.0 Å². The highest BCUT2D eigenvalue weighted by molar-refractivity contribution is 5.66. The number of hydrogen-bond acceptors (Lipinski definition) is 7. The van der Waals surface area contributed by atoms with Crippen molar-refractivity contribution in [3.05, 3.63) is 32.6 Å². The van der Waals surface area contributed by atoms with Crippen LogP contribution in [-0.2, 0) is 23.8 Å². The average molecular weight is 362 g/mol. The van der Waals surface area contributed by atoms with Crippen molar-refractivity contribution in [3.8, 4) is 0 Å². The molecule has 138 valence electrons. The van der Waals surface area contributed by atoms with E-state index in [2.05, 4.69) is 0 Å². The van der Waals surface area contributed by atoms with E-state index >= 15 is 0 Å². The monoisotopic (exact) mass is 362 g/mol. The topological polar surface area (TPSA) is 117 Å². The third-order valence-electron chi connectivity index (χ3n) is 3.49. The largest absolute Gasteiger partial charge is 0.463 e. The van der Waals surface area contributed by atoms with Gasteiger partial charge < -0.3 is 14.2 Å². The molecule has 2 rings (SSSR count). The van der Waals surface area contributed by atoms with Crippen LogP contribution in [0.4, 0.5) is 8.78 Å². The van der Waals surface area contributed by atoms with Crippen LogP contribution in [0.1, 0.15) is 38.5 Å². The predicted octanol–water partition coefficient (Wildman–Crippen LogP) is 0.256. The van der Waals surface area contributed by atoms with Gasteiger partial charge in [0.05, 0.1) is 5.56 Å². The Balaban J connectivity index is 2.29. The minimum Gasteiger partial charge on any atom is -0.463 e. The van der Waals surface area contributed by atoms with E-state index in [9.17, 15) is 28.0 Å². The summed E-state index contributed by atoms with van der Waals surface area (Å²) in [5.41, 5.74) is -3.04. The SMILES string of the molecule is CC(=O)OC[C@H]1O[C@@H](n2cc(C(F)F)c(=O)[nH]c2=O)C[C@@H]1OC(C)=O. The van der Waals surface area contributed by atoms with E-state index in [-0.39, 0.29) is 13.0 Å². The number of hydrogen-bond donors (Lipinski definition) is 1. The molecule has 1 fully saturated rings. The van der Waals surface area contributed by atoms with Crippen molar-refractivity contribution in [2.75, 3.05) is 6.61 Å². The maximum atomic E-state index is 12.9. The van der Waals surface area contributed by atoms with E-state index in [0.717, 1.165) is 11.5 Å². The van der Waals surface area contributed by atoms with Crippen LogP contribution < -0.4 is 11.2 Å². The van der Waals surface area contributed by atoms with Crippen molar-refractivity contribution in [1.82, 2.24) is 9.55 Å². The molecule has 11 heteroatoms. The summed E-state index contributed by atoms with van der Waals surface area (Å²) in [5, 5.41) is 0. The summed E-state index contributed by atoms with van der Waals surface area (Å²) >= 11 is 0. The molecule has 1 aliphatic heterocycles. The lowest BCUT2D eigenvalue weighted by Crippen LogP contribution is -2.34. The van der Waals surface area contributed by atoms with E-state index in [0.29, 0.717) is 6.20 Å². The van der Waals surface area contributed by atoms with E-state index in [1.165, 1.54) is 6.92 Å². The fraction of sp³-hybridized carbons (Fsp3) is 0.571. The lowest BCUT2D eigenvalue weighted by atomic mass is 10.2. The second-order valence-electron chi connectivity index (χ2n) is 5.37. The lowest BCUT2D eigenvalue weighted by molar-refractivity contribution is -0.155. The Morgan fingerprint density at radius 3 is 2.60 bits per heavy atom. The Morgan fingerprint density at radius 1 is 1.36 bits per heavy atom. The molecule has 0 amide bonds. The maximum absolute atomic E-state index is 12.9. The van der Waals surface area contributed by atoms with Crippen LogP contribution in [0.5, 0.6) is 0 Å². The number of carbonyl (C=O) groups is 2. The molecule has 0 saturated carbocycles. The molecule has 1 N–H and O–H groups in total. The van der Waals surface area contributed by atoms with E-state index in [1.807, 2.05) is 0 Å². The minimum absolute atomic E-state index is 0.0415. The molecule has 1 saturated heterocycles. The highest BCUT2D eigenvalue weighted by atomic mass is 19.3. The summed E-state index contributed by atoms with van der Waals surface area (Å²) in [6.45, 7) is 2.09. The number of nitrogens with one attached hydrogen (secondary N) is 1.